The Balaban J connectivity index is 1.70. The van der Waals surface area contributed by atoms with Gasteiger partial charge >= 0.3 is 0 Å². The molecule has 106 valence electrons. The van der Waals surface area contributed by atoms with Gasteiger partial charge in [0, 0.05) is 10.9 Å². The summed E-state index contributed by atoms with van der Waals surface area (Å²) < 4.78 is 8.80. The molecule has 1 aliphatic heterocycles. The molecule has 20 heavy (non-hydrogen) atoms. The van der Waals surface area contributed by atoms with Crippen LogP contribution >= 0.6 is 15.9 Å². The molecule has 3 rings (SSSR count). The molecule has 0 bridgehead atoms. The summed E-state index contributed by atoms with van der Waals surface area (Å²) in [5.74, 6) is 0.956. The van der Waals surface area contributed by atoms with Crippen LogP contribution in [0.1, 0.15) is 25.1 Å². The average Bonchev–Trinajstić information content (AvgIpc) is 2.94. The maximum Gasteiger partial charge on any atom is 0.123 e. The Morgan fingerprint density at radius 3 is 3.00 bits per heavy atom. The van der Waals surface area contributed by atoms with Crippen molar-refractivity contribution in [3.8, 4) is 5.75 Å². The van der Waals surface area contributed by atoms with Gasteiger partial charge in [-0.3, -0.25) is 0 Å². The minimum Gasteiger partial charge on any atom is -0.488 e. The van der Waals surface area contributed by atoms with Crippen LogP contribution in [-0.4, -0.2) is 21.1 Å². The fourth-order valence-electron chi connectivity index (χ4n) is 2.28. The Hall–Kier alpha value is -1.40. The number of nitrogens with two attached hydrogens (primary N) is 1. The van der Waals surface area contributed by atoms with E-state index in [0.717, 1.165) is 22.3 Å². The van der Waals surface area contributed by atoms with Gasteiger partial charge in [-0.1, -0.05) is 21.1 Å². The second-order valence-corrected chi connectivity index (χ2v) is 6.66. The Labute approximate surface area is 126 Å². The molecule has 0 aliphatic carbocycles. The molecule has 2 heterocycles. The van der Waals surface area contributed by atoms with Crippen LogP contribution in [0.15, 0.2) is 28.9 Å². The van der Waals surface area contributed by atoms with Crippen LogP contribution in [0.2, 0.25) is 0 Å². The van der Waals surface area contributed by atoms with Crippen molar-refractivity contribution in [2.75, 3.05) is 0 Å². The molecule has 6 heteroatoms. The lowest BCUT2D eigenvalue weighted by molar-refractivity contribution is 0.202. The van der Waals surface area contributed by atoms with Crippen molar-refractivity contribution < 1.29 is 4.74 Å². The van der Waals surface area contributed by atoms with E-state index in [9.17, 15) is 0 Å². The van der Waals surface area contributed by atoms with E-state index < -0.39 is 5.54 Å². The number of hydrogen-bond acceptors (Lipinski definition) is 4. The number of ether oxygens (including phenoxy) is 1. The van der Waals surface area contributed by atoms with E-state index in [4.69, 9.17) is 10.5 Å². The van der Waals surface area contributed by atoms with Crippen LogP contribution in [0.4, 0.5) is 0 Å². The lowest BCUT2D eigenvalue weighted by Gasteiger charge is -2.13. The number of fused-ring (bicyclic) bond motifs is 1. The predicted octanol–water partition coefficient (Wildman–Crippen LogP) is 2.24. The summed E-state index contributed by atoms with van der Waals surface area (Å²) in [6.45, 7) is 4.51. The Morgan fingerprint density at radius 2 is 2.30 bits per heavy atom. The van der Waals surface area contributed by atoms with E-state index in [2.05, 4.69) is 32.3 Å². The molecule has 1 aromatic carbocycles. The zero-order valence-electron chi connectivity index (χ0n) is 11.5. The van der Waals surface area contributed by atoms with E-state index in [1.807, 2.05) is 32.2 Å². The van der Waals surface area contributed by atoms with Gasteiger partial charge in [-0.05, 0) is 37.6 Å². The van der Waals surface area contributed by atoms with Gasteiger partial charge in [0.2, 0.25) is 0 Å². The molecule has 2 aromatic rings. The van der Waals surface area contributed by atoms with Crippen LogP contribution in [-0.2, 0) is 18.5 Å². The number of hydrogen-bond donors (Lipinski definition) is 1. The molecule has 0 spiro atoms. The number of benzene rings is 1. The van der Waals surface area contributed by atoms with Crippen LogP contribution in [0.3, 0.4) is 0 Å². The van der Waals surface area contributed by atoms with Gasteiger partial charge in [0.15, 0.2) is 0 Å². The van der Waals surface area contributed by atoms with Gasteiger partial charge in [-0.25, -0.2) is 4.68 Å². The Kier molecular flexibility index (Phi) is 3.30. The van der Waals surface area contributed by atoms with E-state index in [0.29, 0.717) is 6.54 Å². The summed E-state index contributed by atoms with van der Waals surface area (Å²) in [5, 5.41) is 8.24. The van der Waals surface area contributed by atoms with Crippen molar-refractivity contribution in [3.63, 3.8) is 0 Å². The molecule has 0 saturated carbocycles. The standard InChI is InChI=1S/C14H17BrN4O/c1-14(2,16)13-8-19(18-17-13)7-11-6-9-5-10(15)3-4-12(9)20-11/h3-5,8,11H,6-7,16H2,1-2H3. The first-order valence-electron chi connectivity index (χ1n) is 6.56. The van der Waals surface area contributed by atoms with Crippen molar-refractivity contribution in [2.45, 2.75) is 38.5 Å². The van der Waals surface area contributed by atoms with E-state index in [1.165, 1.54) is 5.56 Å². The first-order valence-corrected chi connectivity index (χ1v) is 7.36. The SMILES string of the molecule is CC(C)(N)c1cn(CC2Cc3cc(Br)ccc3O2)nn1. The molecular formula is C14H17BrN4O. The molecule has 0 amide bonds. The predicted molar refractivity (Wildman–Crippen MR) is 79.5 cm³/mol. The quantitative estimate of drug-likeness (QED) is 0.933. The monoisotopic (exact) mass is 336 g/mol. The van der Waals surface area contributed by atoms with Crippen LogP contribution in [0.25, 0.3) is 0 Å². The molecule has 1 unspecified atom stereocenters. The Bertz CT molecular complexity index is 632. The largest absolute Gasteiger partial charge is 0.488 e. The van der Waals surface area contributed by atoms with Crippen LogP contribution in [0.5, 0.6) is 5.75 Å². The number of nitrogens with zero attached hydrogens (tertiary/aromatic N) is 3. The highest BCUT2D eigenvalue weighted by Gasteiger charge is 2.25. The van der Waals surface area contributed by atoms with Crippen LogP contribution < -0.4 is 10.5 Å². The molecule has 1 atom stereocenters. The molecule has 0 fully saturated rings. The topological polar surface area (TPSA) is 66.0 Å². The van der Waals surface area contributed by atoms with Gasteiger partial charge in [0.05, 0.1) is 18.3 Å². The van der Waals surface area contributed by atoms with E-state index >= 15 is 0 Å². The summed E-state index contributed by atoms with van der Waals surface area (Å²) in [4.78, 5) is 0. The maximum absolute atomic E-state index is 6.01. The maximum atomic E-state index is 6.01. The Morgan fingerprint density at radius 1 is 1.50 bits per heavy atom. The third-order valence-electron chi connectivity index (χ3n) is 3.35. The van der Waals surface area contributed by atoms with Crippen molar-refractivity contribution in [1.29, 1.82) is 0 Å². The lowest BCUT2D eigenvalue weighted by Crippen LogP contribution is -2.29. The van der Waals surface area contributed by atoms with Crippen LogP contribution in [0, 0.1) is 0 Å². The normalized spacial score (nSPS) is 17.9. The first-order chi connectivity index (χ1) is 9.41. The highest BCUT2D eigenvalue weighted by Crippen LogP contribution is 2.31. The van der Waals surface area contributed by atoms with Gasteiger partial charge in [-0.2, -0.15) is 0 Å². The minimum atomic E-state index is -0.470. The van der Waals surface area contributed by atoms with Gasteiger partial charge in [-0.15, -0.1) is 5.10 Å². The number of rotatable bonds is 3. The zero-order chi connectivity index (χ0) is 14.3. The highest BCUT2D eigenvalue weighted by molar-refractivity contribution is 9.10. The lowest BCUT2D eigenvalue weighted by atomic mass is 10.0. The van der Waals surface area contributed by atoms with Crippen molar-refractivity contribution in [1.82, 2.24) is 15.0 Å². The van der Waals surface area contributed by atoms with Gasteiger partial charge in [0.25, 0.3) is 0 Å². The molecule has 1 aliphatic rings. The second-order valence-electron chi connectivity index (χ2n) is 5.74. The third-order valence-corrected chi connectivity index (χ3v) is 3.85. The summed E-state index contributed by atoms with van der Waals surface area (Å²) in [6.07, 6.45) is 2.87. The van der Waals surface area contributed by atoms with Gasteiger partial charge in [0.1, 0.15) is 17.5 Å². The summed E-state index contributed by atoms with van der Waals surface area (Å²) in [7, 11) is 0. The zero-order valence-corrected chi connectivity index (χ0v) is 13.1. The number of halogens is 1. The molecule has 0 radical (unpaired) electrons. The van der Waals surface area contributed by atoms with Crippen molar-refractivity contribution in [3.05, 3.63) is 40.1 Å². The van der Waals surface area contributed by atoms with Crippen molar-refractivity contribution >= 4 is 15.9 Å². The average molecular weight is 337 g/mol. The smallest absolute Gasteiger partial charge is 0.123 e. The second kappa shape index (κ2) is 4.86. The summed E-state index contributed by atoms with van der Waals surface area (Å²) in [5.41, 5.74) is 7.56. The van der Waals surface area contributed by atoms with Gasteiger partial charge < -0.3 is 10.5 Å². The molecular weight excluding hydrogens is 320 g/mol. The molecule has 2 N–H and O–H groups in total. The van der Waals surface area contributed by atoms with Crippen molar-refractivity contribution in [2.24, 2.45) is 5.73 Å². The minimum absolute atomic E-state index is 0.0923. The van der Waals surface area contributed by atoms with E-state index in [1.54, 1.807) is 4.68 Å². The van der Waals surface area contributed by atoms with E-state index in [-0.39, 0.29) is 6.10 Å². The third kappa shape index (κ3) is 2.71. The highest BCUT2D eigenvalue weighted by atomic mass is 79.9. The summed E-state index contributed by atoms with van der Waals surface area (Å²) in [6, 6.07) is 6.09. The first kappa shape index (κ1) is 13.6. The number of aromatic nitrogens is 3. The summed E-state index contributed by atoms with van der Waals surface area (Å²) >= 11 is 3.48. The molecule has 0 saturated heterocycles. The molecule has 5 nitrogen and oxygen atoms in total. The molecule has 1 aromatic heterocycles. The fourth-order valence-corrected chi connectivity index (χ4v) is 2.69. The fraction of sp³-hybridized carbons (Fsp3) is 0.429.